The molecular weight excluding hydrogens is 577 g/mol. The van der Waals surface area contributed by atoms with Gasteiger partial charge in [-0.25, -0.2) is 9.18 Å². The molecule has 2 aliphatic heterocycles. The zero-order valence-corrected chi connectivity index (χ0v) is 24.7. The van der Waals surface area contributed by atoms with Gasteiger partial charge in [0, 0.05) is 43.2 Å². The molecule has 0 aromatic heterocycles. The summed E-state index contributed by atoms with van der Waals surface area (Å²) in [6, 6.07) is 25.5. The number of benzene rings is 4. The Labute approximate surface area is 260 Å². The van der Waals surface area contributed by atoms with Crippen LogP contribution in [0.4, 0.5) is 14.9 Å². The molecule has 6 rings (SSSR count). The number of nitro benzene ring substituents is 1. The van der Waals surface area contributed by atoms with Crippen molar-refractivity contribution >= 4 is 28.5 Å². The first-order valence-electron chi connectivity index (χ1n) is 15.2. The van der Waals surface area contributed by atoms with Crippen molar-refractivity contribution in [3.63, 3.8) is 0 Å². The number of halogens is 1. The lowest BCUT2D eigenvalue weighted by Gasteiger charge is -2.34. The summed E-state index contributed by atoms with van der Waals surface area (Å²) in [6.45, 7) is 3.55. The molecule has 232 valence electrons. The molecule has 10 heteroatoms. The van der Waals surface area contributed by atoms with Gasteiger partial charge in [0.15, 0.2) is 0 Å². The van der Waals surface area contributed by atoms with Crippen LogP contribution < -0.4 is 4.74 Å². The van der Waals surface area contributed by atoms with E-state index >= 15 is 0 Å². The minimum absolute atomic E-state index is 0.0530. The predicted molar refractivity (Wildman–Crippen MR) is 167 cm³/mol. The summed E-state index contributed by atoms with van der Waals surface area (Å²) < 4.78 is 24.2. The number of carbonyl (C=O) groups excluding carboxylic acids is 2. The number of nitrogens with zero attached hydrogens (tertiary/aromatic N) is 3. The molecule has 2 fully saturated rings. The lowest BCUT2D eigenvalue weighted by Crippen LogP contribution is -2.39. The summed E-state index contributed by atoms with van der Waals surface area (Å²) in [4.78, 5) is 41.0. The number of ether oxygens (including phenoxy) is 2. The van der Waals surface area contributed by atoms with Crippen LogP contribution in [0.25, 0.3) is 10.8 Å². The van der Waals surface area contributed by atoms with Gasteiger partial charge in [-0.1, -0.05) is 48.5 Å². The average Bonchev–Trinajstić information content (AvgIpc) is 3.46. The SMILES string of the molecule is O=C(OCC1CN(C(=O)c2cccc3ccccc23)CC1CN1CCC(c2ccc(F)cc2)CC1)Oc1ccc([N+](=O)[O-])cc1. The smallest absolute Gasteiger partial charge is 0.434 e. The van der Waals surface area contributed by atoms with Crippen LogP contribution in [0, 0.1) is 27.8 Å². The van der Waals surface area contributed by atoms with Gasteiger partial charge in [-0.3, -0.25) is 14.9 Å². The van der Waals surface area contributed by atoms with Crippen molar-refractivity contribution in [1.29, 1.82) is 0 Å². The van der Waals surface area contributed by atoms with Crippen LogP contribution in [0.1, 0.15) is 34.7 Å². The highest BCUT2D eigenvalue weighted by Crippen LogP contribution is 2.32. The number of non-ortho nitro benzene ring substituents is 1. The van der Waals surface area contributed by atoms with Crippen molar-refractivity contribution in [3.05, 3.63) is 118 Å². The van der Waals surface area contributed by atoms with Gasteiger partial charge in [-0.2, -0.15) is 0 Å². The van der Waals surface area contributed by atoms with Crippen molar-refractivity contribution < 1.29 is 28.4 Å². The minimum atomic E-state index is -0.901. The maximum absolute atomic E-state index is 13.8. The third kappa shape index (κ3) is 7.12. The Morgan fingerprint density at radius 2 is 1.56 bits per heavy atom. The van der Waals surface area contributed by atoms with Crippen molar-refractivity contribution in [2.24, 2.45) is 11.8 Å². The highest BCUT2D eigenvalue weighted by molar-refractivity contribution is 6.07. The molecule has 2 saturated heterocycles. The van der Waals surface area contributed by atoms with Gasteiger partial charge in [0.2, 0.25) is 0 Å². The first-order chi connectivity index (χ1) is 21.8. The lowest BCUT2D eigenvalue weighted by atomic mass is 9.88. The van der Waals surface area contributed by atoms with E-state index in [4.69, 9.17) is 9.47 Å². The van der Waals surface area contributed by atoms with Crippen LogP contribution in [-0.4, -0.2) is 66.1 Å². The lowest BCUT2D eigenvalue weighted by molar-refractivity contribution is -0.384. The molecule has 9 nitrogen and oxygen atoms in total. The second-order valence-corrected chi connectivity index (χ2v) is 11.8. The minimum Gasteiger partial charge on any atom is -0.434 e. The van der Waals surface area contributed by atoms with Gasteiger partial charge in [0.05, 0.1) is 11.5 Å². The zero-order valence-electron chi connectivity index (χ0n) is 24.7. The van der Waals surface area contributed by atoms with E-state index in [1.54, 1.807) is 0 Å². The van der Waals surface area contributed by atoms with Gasteiger partial charge in [-0.05, 0) is 84.4 Å². The number of fused-ring (bicyclic) bond motifs is 1. The van der Waals surface area contributed by atoms with Gasteiger partial charge in [0.25, 0.3) is 11.6 Å². The molecule has 2 unspecified atom stereocenters. The molecule has 4 aromatic rings. The van der Waals surface area contributed by atoms with Crippen molar-refractivity contribution in [1.82, 2.24) is 9.80 Å². The fraction of sp³-hybridized carbons (Fsp3) is 0.314. The largest absolute Gasteiger partial charge is 0.513 e. The molecule has 0 N–H and O–H groups in total. The van der Waals surface area contributed by atoms with Crippen LogP contribution in [0.15, 0.2) is 91.0 Å². The molecular formula is C35H34FN3O6. The summed E-state index contributed by atoms with van der Waals surface area (Å²) in [5.74, 6) is 0.197. The van der Waals surface area contributed by atoms with Gasteiger partial charge >= 0.3 is 6.16 Å². The second-order valence-electron chi connectivity index (χ2n) is 11.8. The van der Waals surface area contributed by atoms with Crippen LogP contribution >= 0.6 is 0 Å². The van der Waals surface area contributed by atoms with Crippen LogP contribution in [0.3, 0.4) is 0 Å². The average molecular weight is 612 g/mol. The van der Waals surface area contributed by atoms with Crippen LogP contribution in [0.5, 0.6) is 5.75 Å². The molecule has 0 aliphatic carbocycles. The Balaban J connectivity index is 1.12. The standard InChI is InChI=1S/C35H34FN3O6/c36-29-10-8-24(9-11-29)25-16-18-37(19-17-25)20-27-21-38(34(40)33-7-3-5-26-4-1-2-6-32(26)33)22-28(27)23-44-35(41)45-31-14-12-30(13-15-31)39(42)43/h1-15,25,27-28H,16-23H2. The molecule has 0 spiro atoms. The summed E-state index contributed by atoms with van der Waals surface area (Å²) in [5, 5.41) is 12.8. The maximum Gasteiger partial charge on any atom is 0.513 e. The fourth-order valence-corrected chi connectivity index (χ4v) is 6.53. The quantitative estimate of drug-likeness (QED) is 0.0949. The Kier molecular flexibility index (Phi) is 9.02. The fourth-order valence-electron chi connectivity index (χ4n) is 6.53. The molecule has 0 saturated carbocycles. The third-order valence-electron chi connectivity index (χ3n) is 8.97. The van der Waals surface area contributed by atoms with E-state index in [9.17, 15) is 24.1 Å². The Bertz CT molecular complexity index is 1670. The monoisotopic (exact) mass is 611 g/mol. The molecule has 4 aromatic carbocycles. The van der Waals surface area contributed by atoms with Crippen molar-refractivity contribution in [2.75, 3.05) is 39.3 Å². The highest BCUT2D eigenvalue weighted by Gasteiger charge is 2.38. The van der Waals surface area contributed by atoms with Gasteiger partial charge in [0.1, 0.15) is 11.6 Å². The maximum atomic E-state index is 13.8. The summed E-state index contributed by atoms with van der Waals surface area (Å²) in [5.41, 5.74) is 1.69. The number of hydrogen-bond acceptors (Lipinski definition) is 7. The van der Waals surface area contributed by atoms with E-state index in [0.717, 1.165) is 48.8 Å². The number of amides is 1. The Morgan fingerprint density at radius 3 is 2.29 bits per heavy atom. The number of likely N-dealkylation sites (tertiary alicyclic amines) is 2. The second kappa shape index (κ2) is 13.4. The van der Waals surface area contributed by atoms with E-state index in [1.807, 2.05) is 59.5 Å². The molecule has 1 amide bonds. The summed E-state index contributed by atoms with van der Waals surface area (Å²) in [6.07, 6.45) is 1.01. The first-order valence-corrected chi connectivity index (χ1v) is 15.2. The van der Waals surface area contributed by atoms with Crippen LogP contribution in [0.2, 0.25) is 0 Å². The number of piperidine rings is 1. The third-order valence-corrected chi connectivity index (χ3v) is 8.97. The molecule has 0 bridgehead atoms. The topological polar surface area (TPSA) is 102 Å². The molecule has 0 radical (unpaired) electrons. The number of carbonyl (C=O) groups is 2. The Morgan fingerprint density at radius 1 is 0.867 bits per heavy atom. The van der Waals surface area contributed by atoms with Crippen molar-refractivity contribution in [2.45, 2.75) is 18.8 Å². The van der Waals surface area contributed by atoms with Crippen LogP contribution in [-0.2, 0) is 4.74 Å². The predicted octanol–water partition coefficient (Wildman–Crippen LogP) is 6.67. The normalized spacial score (nSPS) is 19.0. The molecule has 45 heavy (non-hydrogen) atoms. The van der Waals surface area contributed by atoms with Gasteiger partial charge < -0.3 is 19.3 Å². The van der Waals surface area contributed by atoms with Crippen molar-refractivity contribution in [3.8, 4) is 5.75 Å². The van der Waals surface area contributed by atoms with E-state index in [2.05, 4.69) is 4.90 Å². The van der Waals surface area contributed by atoms with E-state index in [0.29, 0.717) is 24.6 Å². The number of hydrogen-bond donors (Lipinski definition) is 0. The summed E-state index contributed by atoms with van der Waals surface area (Å²) >= 11 is 0. The van der Waals surface area contributed by atoms with E-state index in [-0.39, 0.29) is 41.6 Å². The molecule has 2 heterocycles. The first kappa shape index (κ1) is 30.2. The summed E-state index contributed by atoms with van der Waals surface area (Å²) in [7, 11) is 0. The zero-order chi connectivity index (χ0) is 31.3. The van der Waals surface area contributed by atoms with Gasteiger partial charge in [-0.15, -0.1) is 0 Å². The van der Waals surface area contributed by atoms with E-state index < -0.39 is 11.1 Å². The Hall–Kier alpha value is -4.83. The number of rotatable bonds is 8. The molecule has 2 aliphatic rings. The molecule has 2 atom stereocenters. The van der Waals surface area contributed by atoms with E-state index in [1.165, 1.54) is 36.4 Å². The number of nitro groups is 1. The highest BCUT2D eigenvalue weighted by atomic mass is 19.1.